The summed E-state index contributed by atoms with van der Waals surface area (Å²) in [6.45, 7) is 10.7. The molecule has 1 heterocycles. The molecule has 0 saturated carbocycles. The summed E-state index contributed by atoms with van der Waals surface area (Å²) in [4.78, 5) is 4.94. The molecule has 78 valence electrons. The highest BCUT2D eigenvalue weighted by atomic mass is 15.2. The van der Waals surface area contributed by atoms with Crippen molar-refractivity contribution in [2.45, 2.75) is 33.2 Å². The van der Waals surface area contributed by atoms with Crippen LogP contribution in [0.5, 0.6) is 0 Å². The average Bonchev–Trinajstić information content (AvgIpc) is 2.31. The second kappa shape index (κ2) is 3.97. The number of likely N-dealkylation sites (N-methyl/N-ethyl adjacent to an activating group) is 1. The maximum atomic E-state index is 2.59. The van der Waals surface area contributed by atoms with E-state index in [0.29, 0.717) is 5.41 Å². The largest absolute Gasteiger partial charge is 0.305 e. The summed E-state index contributed by atoms with van der Waals surface area (Å²) in [7, 11) is 4.37. The van der Waals surface area contributed by atoms with Crippen LogP contribution < -0.4 is 0 Å². The molecule has 0 amide bonds. The van der Waals surface area contributed by atoms with Crippen LogP contribution in [0.15, 0.2) is 0 Å². The fraction of sp³-hybridized carbons (Fsp3) is 1.00. The van der Waals surface area contributed by atoms with Crippen LogP contribution in [0.1, 0.15) is 27.2 Å². The highest BCUT2D eigenvalue weighted by Crippen LogP contribution is 2.20. The summed E-state index contributed by atoms with van der Waals surface area (Å²) in [6.07, 6.45) is 1.34. The van der Waals surface area contributed by atoms with Crippen LogP contribution in [0, 0.1) is 5.41 Å². The van der Waals surface area contributed by atoms with Gasteiger partial charge in [-0.25, -0.2) is 0 Å². The summed E-state index contributed by atoms with van der Waals surface area (Å²) in [5.41, 5.74) is 0.446. The predicted molar refractivity (Wildman–Crippen MR) is 58.0 cm³/mol. The van der Waals surface area contributed by atoms with Crippen LogP contribution in [-0.4, -0.2) is 49.6 Å². The van der Waals surface area contributed by atoms with E-state index in [0.717, 1.165) is 6.04 Å². The first kappa shape index (κ1) is 11.0. The molecule has 1 atom stereocenters. The lowest BCUT2D eigenvalue weighted by atomic mass is 9.96. The van der Waals surface area contributed by atoms with E-state index < -0.39 is 0 Å². The topological polar surface area (TPSA) is 6.48 Å². The Hall–Kier alpha value is -0.0800. The van der Waals surface area contributed by atoms with Crippen molar-refractivity contribution in [3.63, 3.8) is 0 Å². The van der Waals surface area contributed by atoms with Crippen molar-refractivity contribution in [1.29, 1.82) is 0 Å². The average molecular weight is 184 g/mol. The van der Waals surface area contributed by atoms with E-state index >= 15 is 0 Å². The maximum absolute atomic E-state index is 2.59. The molecule has 2 heteroatoms. The second-order valence-electron chi connectivity index (χ2n) is 5.70. The molecular weight excluding hydrogens is 160 g/mol. The normalized spacial score (nSPS) is 25.8. The molecule has 1 aliphatic heterocycles. The molecule has 0 radical (unpaired) electrons. The number of hydrogen-bond acceptors (Lipinski definition) is 2. The Morgan fingerprint density at radius 3 is 2.31 bits per heavy atom. The fourth-order valence-electron chi connectivity index (χ4n) is 2.05. The highest BCUT2D eigenvalue weighted by molar-refractivity contribution is 4.82. The van der Waals surface area contributed by atoms with Gasteiger partial charge in [0.05, 0.1) is 0 Å². The lowest BCUT2D eigenvalue weighted by molar-refractivity contribution is 0.208. The smallest absolute Gasteiger partial charge is 0.0229 e. The van der Waals surface area contributed by atoms with E-state index in [-0.39, 0.29) is 0 Å². The van der Waals surface area contributed by atoms with Crippen LogP contribution in [0.25, 0.3) is 0 Å². The van der Waals surface area contributed by atoms with Gasteiger partial charge in [-0.1, -0.05) is 20.8 Å². The minimum absolute atomic E-state index is 0.446. The molecule has 0 spiro atoms. The lowest BCUT2D eigenvalue weighted by Gasteiger charge is -2.27. The van der Waals surface area contributed by atoms with Crippen molar-refractivity contribution in [2.75, 3.05) is 33.7 Å². The Balaban J connectivity index is 2.33. The molecule has 0 N–H and O–H groups in total. The summed E-state index contributed by atoms with van der Waals surface area (Å²) < 4.78 is 0. The fourth-order valence-corrected chi connectivity index (χ4v) is 2.05. The molecule has 0 bridgehead atoms. The number of rotatable bonds is 2. The van der Waals surface area contributed by atoms with Gasteiger partial charge in [-0.05, 0) is 32.5 Å². The molecule has 0 aromatic heterocycles. The first-order valence-electron chi connectivity index (χ1n) is 5.27. The molecular formula is C11H24N2. The zero-order chi connectivity index (χ0) is 10.1. The molecule has 13 heavy (non-hydrogen) atoms. The van der Waals surface area contributed by atoms with E-state index in [9.17, 15) is 0 Å². The molecule has 0 aliphatic carbocycles. The Labute approximate surface area is 82.9 Å². The third-order valence-corrected chi connectivity index (χ3v) is 2.68. The van der Waals surface area contributed by atoms with Gasteiger partial charge < -0.3 is 9.80 Å². The zero-order valence-electron chi connectivity index (χ0n) is 9.80. The van der Waals surface area contributed by atoms with Gasteiger partial charge in [0.1, 0.15) is 0 Å². The first-order valence-corrected chi connectivity index (χ1v) is 5.27. The third kappa shape index (κ3) is 3.65. The monoisotopic (exact) mass is 184 g/mol. The Morgan fingerprint density at radius 1 is 1.31 bits per heavy atom. The van der Waals surface area contributed by atoms with Gasteiger partial charge in [0.2, 0.25) is 0 Å². The SMILES string of the molecule is CN(C)[C@@H]1CCN(CC(C)(C)C)C1. The van der Waals surface area contributed by atoms with Gasteiger partial charge in [-0.15, -0.1) is 0 Å². The van der Waals surface area contributed by atoms with Crippen LogP contribution >= 0.6 is 0 Å². The number of nitrogens with zero attached hydrogens (tertiary/aromatic N) is 2. The summed E-state index contributed by atoms with van der Waals surface area (Å²) in [5.74, 6) is 0. The van der Waals surface area contributed by atoms with Crippen molar-refractivity contribution < 1.29 is 0 Å². The Kier molecular flexibility index (Phi) is 3.36. The van der Waals surface area contributed by atoms with E-state index in [1.54, 1.807) is 0 Å². The zero-order valence-corrected chi connectivity index (χ0v) is 9.80. The number of likely N-dealkylation sites (tertiary alicyclic amines) is 1. The van der Waals surface area contributed by atoms with Gasteiger partial charge >= 0.3 is 0 Å². The van der Waals surface area contributed by atoms with Crippen molar-refractivity contribution >= 4 is 0 Å². The van der Waals surface area contributed by atoms with Crippen LogP contribution in [0.4, 0.5) is 0 Å². The standard InChI is InChI=1S/C11H24N2/c1-11(2,3)9-13-7-6-10(8-13)12(4)5/h10H,6-9H2,1-5H3/t10-/m1/s1. The summed E-state index contributed by atoms with van der Waals surface area (Å²) >= 11 is 0. The first-order chi connectivity index (χ1) is 5.88. The van der Waals surface area contributed by atoms with Crippen LogP contribution in [-0.2, 0) is 0 Å². The maximum Gasteiger partial charge on any atom is 0.0229 e. The summed E-state index contributed by atoms with van der Waals surface area (Å²) in [6, 6.07) is 0.780. The van der Waals surface area contributed by atoms with Gasteiger partial charge in [0.25, 0.3) is 0 Å². The van der Waals surface area contributed by atoms with Crippen molar-refractivity contribution in [1.82, 2.24) is 9.80 Å². The van der Waals surface area contributed by atoms with E-state index in [4.69, 9.17) is 0 Å². The van der Waals surface area contributed by atoms with Gasteiger partial charge in [0.15, 0.2) is 0 Å². The van der Waals surface area contributed by atoms with Crippen molar-refractivity contribution in [3.8, 4) is 0 Å². The molecule has 0 unspecified atom stereocenters. The summed E-state index contributed by atoms with van der Waals surface area (Å²) in [5, 5.41) is 0. The van der Waals surface area contributed by atoms with Crippen LogP contribution in [0.2, 0.25) is 0 Å². The second-order valence-corrected chi connectivity index (χ2v) is 5.70. The molecule has 1 rings (SSSR count). The molecule has 1 fully saturated rings. The molecule has 1 aliphatic rings. The minimum atomic E-state index is 0.446. The van der Waals surface area contributed by atoms with Crippen LogP contribution in [0.3, 0.4) is 0 Å². The third-order valence-electron chi connectivity index (χ3n) is 2.68. The van der Waals surface area contributed by atoms with Gasteiger partial charge in [-0.3, -0.25) is 0 Å². The molecule has 0 aromatic rings. The number of hydrogen-bond donors (Lipinski definition) is 0. The van der Waals surface area contributed by atoms with Crippen molar-refractivity contribution in [3.05, 3.63) is 0 Å². The molecule has 0 aromatic carbocycles. The van der Waals surface area contributed by atoms with Gasteiger partial charge in [-0.2, -0.15) is 0 Å². The quantitative estimate of drug-likeness (QED) is 0.644. The van der Waals surface area contributed by atoms with E-state index in [2.05, 4.69) is 44.7 Å². The van der Waals surface area contributed by atoms with E-state index in [1.807, 2.05) is 0 Å². The Bertz CT molecular complexity index is 158. The predicted octanol–water partition coefficient (Wildman–Crippen LogP) is 1.67. The lowest BCUT2D eigenvalue weighted by Crippen LogP contribution is -2.35. The molecule has 1 saturated heterocycles. The van der Waals surface area contributed by atoms with E-state index in [1.165, 1.54) is 26.1 Å². The Morgan fingerprint density at radius 2 is 1.92 bits per heavy atom. The molecule has 2 nitrogen and oxygen atoms in total. The van der Waals surface area contributed by atoms with Gasteiger partial charge in [0, 0.05) is 19.1 Å². The van der Waals surface area contributed by atoms with Crippen molar-refractivity contribution in [2.24, 2.45) is 5.41 Å². The minimum Gasteiger partial charge on any atom is -0.305 e. The highest BCUT2D eigenvalue weighted by Gasteiger charge is 2.26.